The zero-order valence-electron chi connectivity index (χ0n) is 10.4. The van der Waals surface area contributed by atoms with Gasteiger partial charge in [0.1, 0.15) is 0 Å². The monoisotopic (exact) mass is 266 g/mol. The first-order valence-electron chi connectivity index (χ1n) is 6.21. The Labute approximate surface area is 117 Å². The van der Waals surface area contributed by atoms with Gasteiger partial charge in [-0.2, -0.15) is 0 Å². The highest BCUT2D eigenvalue weighted by Gasteiger charge is 1.99. The van der Waals surface area contributed by atoms with Crippen molar-refractivity contribution in [1.82, 2.24) is 9.55 Å². The summed E-state index contributed by atoms with van der Waals surface area (Å²) in [6.45, 7) is 0.803. The fourth-order valence-electron chi connectivity index (χ4n) is 2.10. The molecule has 0 unspecified atom stereocenters. The normalized spacial score (nSPS) is 10.5. The van der Waals surface area contributed by atoms with E-state index in [9.17, 15) is 0 Å². The highest BCUT2D eigenvalue weighted by Crippen LogP contribution is 2.19. The minimum Gasteiger partial charge on any atom is -0.337 e. The SMILES string of the molecule is S=c1[nH]ccn1Cc1ccc(-c2ccccc2)cc1. The Morgan fingerprint density at radius 1 is 0.895 bits per heavy atom. The summed E-state index contributed by atoms with van der Waals surface area (Å²) in [7, 11) is 0. The topological polar surface area (TPSA) is 20.7 Å². The molecule has 0 bridgehead atoms. The molecule has 0 amide bonds. The van der Waals surface area contributed by atoms with Gasteiger partial charge in [0.25, 0.3) is 0 Å². The molecule has 0 spiro atoms. The van der Waals surface area contributed by atoms with Gasteiger partial charge in [-0.25, -0.2) is 0 Å². The van der Waals surface area contributed by atoms with Crippen molar-refractivity contribution in [2.75, 3.05) is 0 Å². The standard InChI is InChI=1S/C16H14N2S/c19-16-17-10-11-18(16)12-13-6-8-15(9-7-13)14-4-2-1-3-5-14/h1-11H,12H2,(H,17,19). The van der Waals surface area contributed by atoms with Crippen LogP contribution in [-0.4, -0.2) is 9.55 Å². The molecule has 3 rings (SSSR count). The Morgan fingerprint density at radius 2 is 1.58 bits per heavy atom. The van der Waals surface area contributed by atoms with E-state index in [1.54, 1.807) is 0 Å². The van der Waals surface area contributed by atoms with Crippen LogP contribution in [0.25, 0.3) is 11.1 Å². The number of hydrogen-bond donors (Lipinski definition) is 1. The summed E-state index contributed by atoms with van der Waals surface area (Å²) >= 11 is 5.19. The van der Waals surface area contributed by atoms with Crippen LogP contribution in [0.15, 0.2) is 67.0 Å². The number of aromatic amines is 1. The van der Waals surface area contributed by atoms with E-state index in [1.807, 2.05) is 23.0 Å². The zero-order chi connectivity index (χ0) is 13.1. The Morgan fingerprint density at radius 3 is 2.21 bits per heavy atom. The highest BCUT2D eigenvalue weighted by molar-refractivity contribution is 7.71. The molecular formula is C16H14N2S. The fraction of sp³-hybridized carbons (Fsp3) is 0.0625. The van der Waals surface area contributed by atoms with Crippen molar-refractivity contribution >= 4 is 12.2 Å². The zero-order valence-corrected chi connectivity index (χ0v) is 11.2. The Bertz CT molecular complexity index is 708. The molecule has 0 fully saturated rings. The Kier molecular flexibility index (Phi) is 3.29. The first-order valence-corrected chi connectivity index (χ1v) is 6.62. The van der Waals surface area contributed by atoms with Crippen LogP contribution < -0.4 is 0 Å². The lowest BCUT2D eigenvalue weighted by atomic mass is 10.0. The van der Waals surface area contributed by atoms with E-state index >= 15 is 0 Å². The average Bonchev–Trinajstić information content (AvgIpc) is 2.86. The van der Waals surface area contributed by atoms with Crippen molar-refractivity contribution in [2.24, 2.45) is 0 Å². The van der Waals surface area contributed by atoms with E-state index in [-0.39, 0.29) is 0 Å². The summed E-state index contributed by atoms with van der Waals surface area (Å²) in [6, 6.07) is 19.0. The molecule has 0 atom stereocenters. The highest BCUT2D eigenvalue weighted by atomic mass is 32.1. The molecule has 0 aliphatic carbocycles. The quantitative estimate of drug-likeness (QED) is 0.702. The molecule has 94 valence electrons. The van der Waals surface area contributed by atoms with Gasteiger partial charge in [-0.15, -0.1) is 0 Å². The van der Waals surface area contributed by atoms with Crippen LogP contribution in [0.1, 0.15) is 5.56 Å². The van der Waals surface area contributed by atoms with Gasteiger partial charge in [-0.3, -0.25) is 0 Å². The largest absolute Gasteiger partial charge is 0.337 e. The number of nitrogens with one attached hydrogen (secondary N) is 1. The van der Waals surface area contributed by atoms with Crippen LogP contribution in [0.5, 0.6) is 0 Å². The lowest BCUT2D eigenvalue weighted by Crippen LogP contribution is -1.97. The molecule has 19 heavy (non-hydrogen) atoms. The minimum atomic E-state index is 0.757. The summed E-state index contributed by atoms with van der Waals surface area (Å²) in [5, 5.41) is 0. The maximum atomic E-state index is 5.19. The van der Waals surface area contributed by atoms with Crippen LogP contribution in [0.3, 0.4) is 0 Å². The predicted octanol–water partition coefficient (Wildman–Crippen LogP) is 4.26. The van der Waals surface area contributed by atoms with Crippen molar-refractivity contribution in [3.8, 4) is 11.1 Å². The molecule has 0 radical (unpaired) electrons. The maximum Gasteiger partial charge on any atom is 0.177 e. The third-order valence-electron chi connectivity index (χ3n) is 3.14. The van der Waals surface area contributed by atoms with E-state index < -0.39 is 0 Å². The van der Waals surface area contributed by atoms with Gasteiger partial charge in [0.15, 0.2) is 4.77 Å². The van der Waals surface area contributed by atoms with E-state index in [2.05, 4.69) is 53.5 Å². The van der Waals surface area contributed by atoms with Crippen LogP contribution in [0, 0.1) is 4.77 Å². The number of imidazole rings is 1. The molecule has 0 aliphatic rings. The van der Waals surface area contributed by atoms with Crippen LogP contribution in [0.4, 0.5) is 0 Å². The number of hydrogen-bond acceptors (Lipinski definition) is 1. The van der Waals surface area contributed by atoms with Crippen LogP contribution in [-0.2, 0) is 6.54 Å². The molecule has 1 N–H and O–H groups in total. The number of rotatable bonds is 3. The average molecular weight is 266 g/mol. The molecule has 1 heterocycles. The third-order valence-corrected chi connectivity index (χ3v) is 3.49. The molecule has 0 saturated carbocycles. The van der Waals surface area contributed by atoms with Gasteiger partial charge in [0.05, 0.1) is 0 Å². The van der Waals surface area contributed by atoms with Crippen LogP contribution >= 0.6 is 12.2 Å². The number of aromatic nitrogens is 2. The van der Waals surface area contributed by atoms with Crippen LogP contribution in [0.2, 0.25) is 0 Å². The third kappa shape index (κ3) is 2.66. The van der Waals surface area contributed by atoms with Crippen molar-refractivity contribution < 1.29 is 0 Å². The molecule has 3 heteroatoms. The number of H-pyrrole nitrogens is 1. The summed E-state index contributed by atoms with van der Waals surface area (Å²) < 4.78 is 2.78. The number of nitrogens with zero attached hydrogens (tertiary/aromatic N) is 1. The first-order chi connectivity index (χ1) is 9.33. The molecule has 1 aromatic heterocycles. The van der Waals surface area contributed by atoms with E-state index in [1.165, 1.54) is 16.7 Å². The van der Waals surface area contributed by atoms with Gasteiger partial charge in [-0.05, 0) is 28.9 Å². The van der Waals surface area contributed by atoms with E-state index in [0.717, 1.165) is 11.3 Å². The smallest absolute Gasteiger partial charge is 0.177 e. The van der Waals surface area contributed by atoms with E-state index in [0.29, 0.717) is 0 Å². The van der Waals surface area contributed by atoms with Crippen molar-refractivity contribution in [3.05, 3.63) is 77.3 Å². The summed E-state index contributed by atoms with van der Waals surface area (Å²) in [5.74, 6) is 0. The van der Waals surface area contributed by atoms with Gasteiger partial charge in [-0.1, -0.05) is 54.6 Å². The maximum absolute atomic E-state index is 5.19. The summed E-state index contributed by atoms with van der Waals surface area (Å²) in [5.41, 5.74) is 3.73. The van der Waals surface area contributed by atoms with Crippen molar-refractivity contribution in [2.45, 2.75) is 6.54 Å². The first kappa shape index (κ1) is 11.9. The summed E-state index contributed by atoms with van der Waals surface area (Å²) in [4.78, 5) is 3.00. The molecule has 3 aromatic rings. The summed E-state index contributed by atoms with van der Waals surface area (Å²) in [6.07, 6.45) is 3.83. The molecular weight excluding hydrogens is 252 g/mol. The second-order valence-electron chi connectivity index (χ2n) is 4.46. The number of benzene rings is 2. The second kappa shape index (κ2) is 5.24. The molecule has 2 aromatic carbocycles. The lowest BCUT2D eigenvalue weighted by molar-refractivity contribution is 0.784. The minimum absolute atomic E-state index is 0.757. The predicted molar refractivity (Wildman–Crippen MR) is 80.6 cm³/mol. The lowest BCUT2D eigenvalue weighted by Gasteiger charge is -2.05. The Balaban J connectivity index is 1.84. The van der Waals surface area contributed by atoms with Crippen molar-refractivity contribution in [3.63, 3.8) is 0 Å². The van der Waals surface area contributed by atoms with E-state index in [4.69, 9.17) is 12.2 Å². The molecule has 0 aliphatic heterocycles. The van der Waals surface area contributed by atoms with Gasteiger partial charge in [0.2, 0.25) is 0 Å². The van der Waals surface area contributed by atoms with Gasteiger partial charge >= 0.3 is 0 Å². The van der Waals surface area contributed by atoms with Crippen molar-refractivity contribution in [1.29, 1.82) is 0 Å². The fourth-order valence-corrected chi connectivity index (χ4v) is 2.30. The molecule has 2 nitrogen and oxygen atoms in total. The van der Waals surface area contributed by atoms with Gasteiger partial charge in [0, 0.05) is 18.9 Å². The Hall–Kier alpha value is -2.13. The second-order valence-corrected chi connectivity index (χ2v) is 4.84. The molecule has 0 saturated heterocycles. The van der Waals surface area contributed by atoms with Gasteiger partial charge < -0.3 is 9.55 Å².